The maximum atomic E-state index is 12.8. The zero-order valence-electron chi connectivity index (χ0n) is 11.9. The lowest BCUT2D eigenvalue weighted by Crippen LogP contribution is -2.42. The lowest BCUT2D eigenvalue weighted by Gasteiger charge is -2.20. The van der Waals surface area contributed by atoms with Gasteiger partial charge in [0, 0.05) is 6.04 Å². The highest BCUT2D eigenvalue weighted by molar-refractivity contribution is 5.81. The Bertz CT molecular complexity index is 425. The number of halogens is 1. The van der Waals surface area contributed by atoms with Gasteiger partial charge in [-0.05, 0) is 44.0 Å². The normalized spacial score (nSPS) is 18.1. The fraction of sp³-hybridized carbons (Fsp3) is 0.562. The van der Waals surface area contributed by atoms with E-state index in [0.717, 1.165) is 12.8 Å². The number of nitrogens with one attached hydrogen (secondary N) is 1. The Kier molecular flexibility index (Phi) is 5.39. The zero-order valence-corrected chi connectivity index (χ0v) is 11.9. The van der Waals surface area contributed by atoms with E-state index in [1.807, 2.05) is 0 Å². The summed E-state index contributed by atoms with van der Waals surface area (Å²) in [6.07, 6.45) is 6.41. The maximum absolute atomic E-state index is 12.8. The van der Waals surface area contributed by atoms with Crippen LogP contribution in [0.4, 0.5) is 4.39 Å². The Morgan fingerprint density at radius 3 is 2.40 bits per heavy atom. The third-order valence-corrected chi connectivity index (χ3v) is 3.70. The van der Waals surface area contributed by atoms with Crippen LogP contribution in [0.3, 0.4) is 0 Å². The first-order chi connectivity index (χ1) is 9.65. The fourth-order valence-corrected chi connectivity index (χ4v) is 2.51. The van der Waals surface area contributed by atoms with Crippen molar-refractivity contribution in [3.63, 3.8) is 0 Å². The summed E-state index contributed by atoms with van der Waals surface area (Å²) in [5.74, 6) is 0.101. The van der Waals surface area contributed by atoms with Crippen molar-refractivity contribution in [3.05, 3.63) is 30.1 Å². The second-order valence-electron chi connectivity index (χ2n) is 5.41. The van der Waals surface area contributed by atoms with Crippen molar-refractivity contribution in [2.24, 2.45) is 0 Å². The summed E-state index contributed by atoms with van der Waals surface area (Å²) in [5.41, 5.74) is 0. The third-order valence-electron chi connectivity index (χ3n) is 3.70. The second kappa shape index (κ2) is 7.27. The van der Waals surface area contributed by atoms with Crippen molar-refractivity contribution < 1.29 is 13.9 Å². The van der Waals surface area contributed by atoms with Crippen molar-refractivity contribution in [2.75, 3.05) is 0 Å². The minimum atomic E-state index is -0.566. The molecule has 0 radical (unpaired) electrons. The topological polar surface area (TPSA) is 38.3 Å². The Hall–Kier alpha value is -1.58. The van der Waals surface area contributed by atoms with Gasteiger partial charge >= 0.3 is 0 Å². The van der Waals surface area contributed by atoms with E-state index in [2.05, 4.69) is 5.32 Å². The molecule has 4 heteroatoms. The van der Waals surface area contributed by atoms with Crippen LogP contribution in [0.5, 0.6) is 5.75 Å². The summed E-state index contributed by atoms with van der Waals surface area (Å²) in [5, 5.41) is 3.05. The van der Waals surface area contributed by atoms with E-state index in [9.17, 15) is 9.18 Å². The summed E-state index contributed by atoms with van der Waals surface area (Å²) in [6, 6.07) is 5.98. The highest BCUT2D eigenvalue weighted by Crippen LogP contribution is 2.18. The molecule has 1 N–H and O–H groups in total. The molecule has 20 heavy (non-hydrogen) atoms. The molecular weight excluding hydrogens is 257 g/mol. The van der Waals surface area contributed by atoms with Crippen LogP contribution in [0.25, 0.3) is 0 Å². The second-order valence-corrected chi connectivity index (χ2v) is 5.41. The Labute approximate surface area is 119 Å². The van der Waals surface area contributed by atoms with Gasteiger partial charge in [-0.15, -0.1) is 0 Å². The van der Waals surface area contributed by atoms with Crippen molar-refractivity contribution in [3.8, 4) is 5.75 Å². The van der Waals surface area contributed by atoms with Crippen LogP contribution in [0.2, 0.25) is 0 Å². The molecule has 1 aromatic carbocycles. The van der Waals surface area contributed by atoms with Gasteiger partial charge in [0.15, 0.2) is 6.10 Å². The van der Waals surface area contributed by atoms with Crippen molar-refractivity contribution >= 4 is 5.91 Å². The van der Waals surface area contributed by atoms with E-state index < -0.39 is 6.10 Å². The van der Waals surface area contributed by atoms with Crippen molar-refractivity contribution in [1.29, 1.82) is 0 Å². The number of hydrogen-bond donors (Lipinski definition) is 1. The molecule has 1 aromatic rings. The number of benzene rings is 1. The lowest BCUT2D eigenvalue weighted by atomic mass is 10.1. The fourth-order valence-electron chi connectivity index (χ4n) is 2.51. The molecular formula is C16H22FNO2. The smallest absolute Gasteiger partial charge is 0.260 e. The van der Waals surface area contributed by atoms with Crippen LogP contribution in [-0.4, -0.2) is 18.1 Å². The van der Waals surface area contributed by atoms with E-state index in [1.54, 1.807) is 6.92 Å². The molecule has 1 aliphatic rings. The molecule has 1 unspecified atom stereocenters. The van der Waals surface area contributed by atoms with Crippen molar-refractivity contribution in [1.82, 2.24) is 5.32 Å². The van der Waals surface area contributed by atoms with E-state index in [4.69, 9.17) is 4.74 Å². The molecule has 1 fully saturated rings. The summed E-state index contributed by atoms with van der Waals surface area (Å²) in [4.78, 5) is 12.1. The minimum Gasteiger partial charge on any atom is -0.481 e. The van der Waals surface area contributed by atoms with Gasteiger partial charge in [-0.3, -0.25) is 4.79 Å². The Morgan fingerprint density at radius 1 is 1.20 bits per heavy atom. The van der Waals surface area contributed by atoms with Gasteiger partial charge < -0.3 is 10.1 Å². The molecule has 0 saturated heterocycles. The highest BCUT2D eigenvalue weighted by atomic mass is 19.1. The van der Waals surface area contributed by atoms with E-state index in [-0.39, 0.29) is 17.8 Å². The van der Waals surface area contributed by atoms with E-state index in [1.165, 1.54) is 49.9 Å². The molecule has 110 valence electrons. The molecule has 0 bridgehead atoms. The molecule has 0 heterocycles. The maximum Gasteiger partial charge on any atom is 0.260 e. The van der Waals surface area contributed by atoms with Crippen LogP contribution >= 0.6 is 0 Å². The number of carbonyl (C=O) groups excluding carboxylic acids is 1. The number of ether oxygens (including phenoxy) is 1. The number of amides is 1. The predicted molar refractivity (Wildman–Crippen MR) is 76.1 cm³/mol. The third kappa shape index (κ3) is 4.51. The van der Waals surface area contributed by atoms with Crippen LogP contribution < -0.4 is 10.1 Å². The first kappa shape index (κ1) is 14.8. The monoisotopic (exact) mass is 279 g/mol. The van der Waals surface area contributed by atoms with Gasteiger partial charge in [0.05, 0.1) is 0 Å². The Balaban J connectivity index is 1.83. The molecule has 0 aromatic heterocycles. The van der Waals surface area contributed by atoms with Gasteiger partial charge in [-0.1, -0.05) is 25.7 Å². The molecule has 1 saturated carbocycles. The van der Waals surface area contributed by atoms with E-state index >= 15 is 0 Å². The minimum absolute atomic E-state index is 0.0961. The molecule has 1 amide bonds. The predicted octanol–water partition coefficient (Wildman–Crippen LogP) is 3.43. The summed E-state index contributed by atoms with van der Waals surface area (Å²) in [7, 11) is 0. The van der Waals surface area contributed by atoms with Gasteiger partial charge in [0.1, 0.15) is 11.6 Å². The zero-order chi connectivity index (χ0) is 14.4. The van der Waals surface area contributed by atoms with Gasteiger partial charge in [-0.2, -0.15) is 0 Å². The number of rotatable bonds is 4. The summed E-state index contributed by atoms with van der Waals surface area (Å²) in [6.45, 7) is 1.72. The highest BCUT2D eigenvalue weighted by Gasteiger charge is 2.20. The van der Waals surface area contributed by atoms with Gasteiger partial charge in [-0.25, -0.2) is 4.39 Å². The number of hydrogen-bond acceptors (Lipinski definition) is 2. The van der Waals surface area contributed by atoms with Crippen LogP contribution in [0, 0.1) is 5.82 Å². The SMILES string of the molecule is CC(Oc1ccc(F)cc1)C(=O)NC1CCCCCC1. The summed E-state index contributed by atoms with van der Waals surface area (Å²) < 4.78 is 18.3. The molecule has 1 aliphatic carbocycles. The first-order valence-electron chi connectivity index (χ1n) is 7.38. The number of carbonyl (C=O) groups is 1. The molecule has 3 nitrogen and oxygen atoms in total. The molecule has 0 aliphatic heterocycles. The van der Waals surface area contributed by atoms with Crippen LogP contribution in [0.1, 0.15) is 45.4 Å². The van der Waals surface area contributed by atoms with Gasteiger partial charge in [0.2, 0.25) is 0 Å². The van der Waals surface area contributed by atoms with Crippen molar-refractivity contribution in [2.45, 2.75) is 57.6 Å². The quantitative estimate of drug-likeness (QED) is 0.857. The molecule has 0 spiro atoms. The van der Waals surface area contributed by atoms with E-state index in [0.29, 0.717) is 5.75 Å². The Morgan fingerprint density at radius 2 is 1.80 bits per heavy atom. The van der Waals surface area contributed by atoms with Crippen LogP contribution in [-0.2, 0) is 4.79 Å². The lowest BCUT2D eigenvalue weighted by molar-refractivity contribution is -0.128. The van der Waals surface area contributed by atoms with Crippen LogP contribution in [0.15, 0.2) is 24.3 Å². The molecule has 2 rings (SSSR count). The summed E-state index contributed by atoms with van der Waals surface area (Å²) >= 11 is 0. The standard InChI is InChI=1S/C16H22FNO2/c1-12(20-15-10-8-13(17)9-11-15)16(19)18-14-6-4-2-3-5-7-14/h8-12,14H,2-7H2,1H3,(H,18,19). The van der Waals surface area contributed by atoms with Gasteiger partial charge in [0.25, 0.3) is 5.91 Å². The average molecular weight is 279 g/mol. The largest absolute Gasteiger partial charge is 0.481 e. The first-order valence-corrected chi connectivity index (χ1v) is 7.38. The molecule has 1 atom stereocenters. The average Bonchev–Trinajstić information content (AvgIpc) is 2.70.